The quantitative estimate of drug-likeness (QED) is 0.462. The molecule has 11 heteroatoms. The molecule has 1 saturated carbocycles. The van der Waals surface area contributed by atoms with Crippen molar-refractivity contribution in [2.75, 3.05) is 5.32 Å². The number of hydrogen-bond donors (Lipinski definition) is 2. The second-order valence-electron chi connectivity index (χ2n) is 11.7. The van der Waals surface area contributed by atoms with Crippen LogP contribution in [0, 0.1) is 0 Å². The standard InChI is InChI=1S/C29H36N6O5/c1-17(2)39-24-14-21-18(13-23(24)33-26(36)22-15-31-35-12-6-11-30-25(22)35)16-34(27(21)37)20-9-7-19(8-10-20)32-28(38)40-29(3,4)5/h6,11-15,17,19-20H,7-10,16H2,1-5H3,(H,32,38)(H,33,36)/t19-,20-. The Hall–Kier alpha value is -4.15. The first-order valence-corrected chi connectivity index (χ1v) is 13.7. The Morgan fingerprint density at radius 2 is 1.88 bits per heavy atom. The minimum absolute atomic E-state index is 0.0217. The summed E-state index contributed by atoms with van der Waals surface area (Å²) in [4.78, 5) is 45.0. The third kappa shape index (κ3) is 5.88. The van der Waals surface area contributed by atoms with Crippen LogP contribution >= 0.6 is 0 Å². The molecule has 2 aliphatic rings. The number of amides is 3. The second kappa shape index (κ2) is 10.8. The lowest BCUT2D eigenvalue weighted by molar-refractivity contribution is 0.0461. The number of anilines is 1. The summed E-state index contributed by atoms with van der Waals surface area (Å²) in [5.41, 5.74) is 2.16. The van der Waals surface area contributed by atoms with E-state index in [2.05, 4.69) is 20.7 Å². The number of carbonyl (C=O) groups is 3. The number of benzene rings is 1. The van der Waals surface area contributed by atoms with E-state index in [1.54, 1.807) is 24.5 Å². The van der Waals surface area contributed by atoms with Gasteiger partial charge in [-0.05, 0) is 84.1 Å². The van der Waals surface area contributed by atoms with Crippen molar-refractivity contribution in [3.05, 3.63) is 53.5 Å². The molecule has 2 N–H and O–H groups in total. The first-order chi connectivity index (χ1) is 19.0. The first kappa shape index (κ1) is 27.4. The van der Waals surface area contributed by atoms with Gasteiger partial charge in [-0.1, -0.05) is 0 Å². The van der Waals surface area contributed by atoms with E-state index < -0.39 is 11.7 Å². The highest BCUT2D eigenvalue weighted by atomic mass is 16.6. The monoisotopic (exact) mass is 548 g/mol. The van der Waals surface area contributed by atoms with Crippen LogP contribution < -0.4 is 15.4 Å². The lowest BCUT2D eigenvalue weighted by Gasteiger charge is -2.35. The van der Waals surface area contributed by atoms with Gasteiger partial charge in [0.1, 0.15) is 16.9 Å². The topological polar surface area (TPSA) is 127 Å². The fourth-order valence-corrected chi connectivity index (χ4v) is 5.29. The van der Waals surface area contributed by atoms with Gasteiger partial charge in [0.2, 0.25) is 0 Å². The summed E-state index contributed by atoms with van der Waals surface area (Å²) >= 11 is 0. The van der Waals surface area contributed by atoms with Gasteiger partial charge in [-0.15, -0.1) is 0 Å². The fourth-order valence-electron chi connectivity index (χ4n) is 5.29. The van der Waals surface area contributed by atoms with Gasteiger partial charge >= 0.3 is 6.09 Å². The van der Waals surface area contributed by atoms with Gasteiger partial charge in [-0.2, -0.15) is 5.10 Å². The number of nitrogens with zero attached hydrogens (tertiary/aromatic N) is 4. The Balaban J connectivity index is 1.29. The number of aromatic nitrogens is 3. The maximum Gasteiger partial charge on any atom is 0.407 e. The molecule has 3 aromatic rings. The number of hydrogen-bond acceptors (Lipinski definition) is 7. The van der Waals surface area contributed by atoms with Crippen molar-refractivity contribution in [2.24, 2.45) is 0 Å². The molecule has 0 saturated heterocycles. The van der Waals surface area contributed by atoms with Crippen LogP contribution in [0.2, 0.25) is 0 Å². The van der Waals surface area contributed by atoms with E-state index in [4.69, 9.17) is 9.47 Å². The van der Waals surface area contributed by atoms with Gasteiger partial charge in [0, 0.05) is 36.6 Å². The maximum atomic E-state index is 13.5. The van der Waals surface area contributed by atoms with E-state index in [-0.39, 0.29) is 30.0 Å². The molecule has 2 aromatic heterocycles. The number of carbonyl (C=O) groups excluding carboxylic acids is 3. The van der Waals surface area contributed by atoms with E-state index >= 15 is 0 Å². The zero-order valence-electron chi connectivity index (χ0n) is 23.6. The third-order valence-corrected chi connectivity index (χ3v) is 7.03. The van der Waals surface area contributed by atoms with Crippen molar-refractivity contribution in [2.45, 2.75) is 90.6 Å². The largest absolute Gasteiger partial charge is 0.489 e. The van der Waals surface area contributed by atoms with Gasteiger partial charge in [-0.3, -0.25) is 9.59 Å². The van der Waals surface area contributed by atoms with Crippen LogP contribution in [0.5, 0.6) is 5.75 Å². The van der Waals surface area contributed by atoms with Crippen molar-refractivity contribution in [1.29, 1.82) is 0 Å². The average molecular weight is 549 g/mol. The van der Waals surface area contributed by atoms with Crippen molar-refractivity contribution in [3.8, 4) is 5.75 Å². The molecule has 212 valence electrons. The molecular weight excluding hydrogens is 512 g/mol. The van der Waals surface area contributed by atoms with Crippen molar-refractivity contribution in [1.82, 2.24) is 24.8 Å². The first-order valence-electron chi connectivity index (χ1n) is 13.7. The molecule has 0 bridgehead atoms. The smallest absolute Gasteiger partial charge is 0.407 e. The zero-order valence-corrected chi connectivity index (χ0v) is 23.6. The van der Waals surface area contributed by atoms with E-state index in [0.717, 1.165) is 31.2 Å². The van der Waals surface area contributed by atoms with Crippen molar-refractivity contribution in [3.63, 3.8) is 0 Å². The summed E-state index contributed by atoms with van der Waals surface area (Å²) in [5, 5.41) is 10.1. The van der Waals surface area contributed by atoms with Gasteiger partial charge in [0.05, 0.1) is 18.0 Å². The normalized spacial score (nSPS) is 19.1. The maximum absolute atomic E-state index is 13.5. The SMILES string of the molecule is CC(C)Oc1cc2c(cc1NC(=O)c1cnn3cccnc13)CN([C@H]1CC[C@H](NC(=O)OC(C)(C)C)CC1)C2=O. The summed E-state index contributed by atoms with van der Waals surface area (Å²) in [7, 11) is 0. The van der Waals surface area contributed by atoms with Gasteiger partial charge in [0.25, 0.3) is 11.8 Å². The number of ether oxygens (including phenoxy) is 2. The highest BCUT2D eigenvalue weighted by Crippen LogP contribution is 2.37. The Kier molecular flexibility index (Phi) is 7.39. The van der Waals surface area contributed by atoms with E-state index in [1.165, 1.54) is 10.7 Å². The van der Waals surface area contributed by atoms with E-state index in [1.807, 2.05) is 45.6 Å². The second-order valence-corrected chi connectivity index (χ2v) is 11.7. The molecule has 1 aliphatic carbocycles. The van der Waals surface area contributed by atoms with E-state index in [0.29, 0.717) is 34.8 Å². The molecular formula is C29H36N6O5. The zero-order chi connectivity index (χ0) is 28.6. The Labute approximate surface area is 233 Å². The molecule has 0 unspecified atom stereocenters. The molecule has 3 heterocycles. The van der Waals surface area contributed by atoms with Crippen molar-refractivity contribution >= 4 is 29.2 Å². The Morgan fingerprint density at radius 3 is 2.58 bits per heavy atom. The lowest BCUT2D eigenvalue weighted by Crippen LogP contribution is -2.45. The highest BCUT2D eigenvalue weighted by Gasteiger charge is 2.36. The van der Waals surface area contributed by atoms with Crippen LogP contribution in [0.4, 0.5) is 10.5 Å². The summed E-state index contributed by atoms with van der Waals surface area (Å²) < 4.78 is 12.9. The molecule has 0 atom stereocenters. The molecule has 1 aliphatic heterocycles. The minimum Gasteiger partial charge on any atom is -0.489 e. The lowest BCUT2D eigenvalue weighted by atomic mass is 9.90. The molecule has 1 fully saturated rings. The molecule has 5 rings (SSSR count). The number of nitrogens with one attached hydrogen (secondary N) is 2. The van der Waals surface area contributed by atoms with Gasteiger partial charge < -0.3 is 25.0 Å². The number of fused-ring (bicyclic) bond motifs is 2. The number of alkyl carbamates (subject to hydrolysis) is 1. The molecule has 0 radical (unpaired) electrons. The van der Waals surface area contributed by atoms with Crippen LogP contribution in [0.3, 0.4) is 0 Å². The van der Waals surface area contributed by atoms with Crippen LogP contribution in [-0.4, -0.2) is 61.2 Å². The Morgan fingerprint density at radius 1 is 1.12 bits per heavy atom. The van der Waals surface area contributed by atoms with Gasteiger partial charge in [0.15, 0.2) is 5.65 Å². The Bertz CT molecular complexity index is 1430. The molecule has 40 heavy (non-hydrogen) atoms. The fraction of sp³-hybridized carbons (Fsp3) is 0.483. The summed E-state index contributed by atoms with van der Waals surface area (Å²) in [6.07, 6.45) is 7.33. The molecule has 3 amide bonds. The number of rotatable bonds is 6. The van der Waals surface area contributed by atoms with Crippen LogP contribution in [0.1, 0.15) is 86.6 Å². The predicted molar refractivity (Wildman–Crippen MR) is 148 cm³/mol. The average Bonchev–Trinajstić information content (AvgIpc) is 3.44. The summed E-state index contributed by atoms with van der Waals surface area (Å²) in [6, 6.07) is 5.39. The highest BCUT2D eigenvalue weighted by molar-refractivity contribution is 6.09. The van der Waals surface area contributed by atoms with Crippen LogP contribution in [0.25, 0.3) is 5.65 Å². The third-order valence-electron chi connectivity index (χ3n) is 7.03. The minimum atomic E-state index is -0.546. The van der Waals surface area contributed by atoms with Gasteiger partial charge in [-0.25, -0.2) is 14.3 Å². The summed E-state index contributed by atoms with van der Waals surface area (Å²) in [6.45, 7) is 9.76. The summed E-state index contributed by atoms with van der Waals surface area (Å²) in [5.74, 6) is 0.0307. The van der Waals surface area contributed by atoms with Crippen LogP contribution in [0.15, 0.2) is 36.8 Å². The van der Waals surface area contributed by atoms with Crippen LogP contribution in [-0.2, 0) is 11.3 Å². The predicted octanol–water partition coefficient (Wildman–Crippen LogP) is 4.56. The van der Waals surface area contributed by atoms with Crippen molar-refractivity contribution < 1.29 is 23.9 Å². The molecule has 1 aromatic carbocycles. The molecule has 0 spiro atoms. The molecule has 11 nitrogen and oxygen atoms in total. The van der Waals surface area contributed by atoms with E-state index in [9.17, 15) is 14.4 Å².